The number of aromatic nitrogens is 4. The van der Waals surface area contributed by atoms with Crippen molar-refractivity contribution in [1.29, 1.82) is 0 Å². The Labute approximate surface area is 121 Å². The van der Waals surface area contributed by atoms with Crippen LogP contribution in [0.15, 0.2) is 9.59 Å². The van der Waals surface area contributed by atoms with Gasteiger partial charge in [-0.05, 0) is 37.0 Å². The van der Waals surface area contributed by atoms with Crippen molar-refractivity contribution in [3.05, 3.63) is 20.8 Å². The smallest absolute Gasteiger partial charge is 0.332 e. The Kier molecular flexibility index (Phi) is 2.41. The molecule has 0 radical (unpaired) electrons. The molecule has 2 aromatic rings. The highest BCUT2D eigenvalue weighted by Crippen LogP contribution is 2.61. The molecule has 112 valence electrons. The molecule has 0 amide bonds. The lowest BCUT2D eigenvalue weighted by atomic mass is 10.0. The van der Waals surface area contributed by atoms with Crippen molar-refractivity contribution in [3.63, 3.8) is 0 Å². The van der Waals surface area contributed by atoms with Gasteiger partial charge in [-0.25, -0.2) is 4.79 Å². The Bertz CT molecular complexity index is 835. The topological polar surface area (TPSA) is 84.7 Å². The zero-order valence-electron chi connectivity index (χ0n) is 12.3. The summed E-state index contributed by atoms with van der Waals surface area (Å²) in [6.45, 7) is 0.895. The first-order valence-electron chi connectivity index (χ1n) is 7.41. The zero-order valence-corrected chi connectivity index (χ0v) is 12.3. The molecule has 2 aromatic heterocycles. The summed E-state index contributed by atoms with van der Waals surface area (Å²) in [6, 6.07) is 0. The maximum absolute atomic E-state index is 12.1. The third-order valence-corrected chi connectivity index (χ3v) is 5.04. The van der Waals surface area contributed by atoms with Crippen LogP contribution in [-0.2, 0) is 14.1 Å². The van der Waals surface area contributed by atoms with E-state index < -0.39 is 0 Å². The quantitative estimate of drug-likeness (QED) is 0.861. The van der Waals surface area contributed by atoms with Gasteiger partial charge in [-0.2, -0.15) is 4.98 Å². The van der Waals surface area contributed by atoms with Gasteiger partial charge < -0.3 is 10.3 Å². The summed E-state index contributed by atoms with van der Waals surface area (Å²) in [7, 11) is 3.10. The van der Waals surface area contributed by atoms with Gasteiger partial charge in [0, 0.05) is 20.6 Å². The van der Waals surface area contributed by atoms with E-state index in [-0.39, 0.29) is 11.2 Å². The minimum Gasteiger partial charge on any atom is -0.355 e. The molecule has 2 N–H and O–H groups in total. The molecule has 2 heterocycles. The molecule has 7 heteroatoms. The van der Waals surface area contributed by atoms with Crippen LogP contribution in [0.25, 0.3) is 11.2 Å². The van der Waals surface area contributed by atoms with Crippen molar-refractivity contribution in [3.8, 4) is 0 Å². The number of nitrogens with zero attached hydrogens (tertiary/aromatic N) is 3. The molecule has 2 aliphatic carbocycles. The van der Waals surface area contributed by atoms with Gasteiger partial charge in [0.2, 0.25) is 5.95 Å². The summed E-state index contributed by atoms with van der Waals surface area (Å²) in [5.41, 5.74) is 0.537. The summed E-state index contributed by atoms with van der Waals surface area (Å²) in [5.74, 6) is 1.45. The molecule has 0 saturated heterocycles. The largest absolute Gasteiger partial charge is 0.355 e. The van der Waals surface area contributed by atoms with Gasteiger partial charge in [-0.1, -0.05) is 0 Å². The standard InChI is InChI=1S/C14H19N5O2/c1-18-10-9(11(20)19(2)13(18)21)16-12(17-10)15-7-14(5-6-14)8-3-4-8/h8H,3-7H2,1-2H3,(H2,15,16,17). The maximum Gasteiger partial charge on any atom is 0.332 e. The molecule has 21 heavy (non-hydrogen) atoms. The fraction of sp³-hybridized carbons (Fsp3) is 0.643. The highest BCUT2D eigenvalue weighted by Gasteiger charge is 2.53. The minimum atomic E-state index is -0.359. The zero-order chi connectivity index (χ0) is 14.8. The molecule has 4 rings (SSSR count). The average molecular weight is 289 g/mol. The Morgan fingerprint density at radius 2 is 2.00 bits per heavy atom. The van der Waals surface area contributed by atoms with Crippen molar-refractivity contribution in [2.45, 2.75) is 25.7 Å². The van der Waals surface area contributed by atoms with E-state index in [1.807, 2.05) is 0 Å². The molecule has 0 bridgehead atoms. The van der Waals surface area contributed by atoms with Crippen molar-refractivity contribution in [2.75, 3.05) is 11.9 Å². The molecule has 0 aromatic carbocycles. The predicted octanol–water partition coefficient (Wildman–Crippen LogP) is 0.562. The van der Waals surface area contributed by atoms with E-state index in [0.29, 0.717) is 22.5 Å². The Morgan fingerprint density at radius 3 is 2.62 bits per heavy atom. The first kappa shape index (κ1) is 12.7. The fourth-order valence-electron chi connectivity index (χ4n) is 3.26. The lowest BCUT2D eigenvalue weighted by Gasteiger charge is -2.13. The lowest BCUT2D eigenvalue weighted by Crippen LogP contribution is -2.36. The first-order chi connectivity index (χ1) is 10.0. The number of rotatable bonds is 4. The molecule has 2 aliphatic rings. The third kappa shape index (κ3) is 1.83. The monoisotopic (exact) mass is 289 g/mol. The van der Waals surface area contributed by atoms with Gasteiger partial charge >= 0.3 is 5.69 Å². The van der Waals surface area contributed by atoms with Crippen molar-refractivity contribution in [1.82, 2.24) is 19.1 Å². The maximum atomic E-state index is 12.1. The number of H-pyrrole nitrogens is 1. The number of anilines is 1. The molecular weight excluding hydrogens is 270 g/mol. The van der Waals surface area contributed by atoms with Gasteiger partial charge in [0.05, 0.1) is 0 Å². The van der Waals surface area contributed by atoms with Crippen LogP contribution in [0.4, 0.5) is 5.95 Å². The number of hydrogen-bond donors (Lipinski definition) is 2. The Balaban J connectivity index is 1.68. The van der Waals surface area contributed by atoms with E-state index in [4.69, 9.17) is 0 Å². The number of nitrogens with one attached hydrogen (secondary N) is 2. The molecule has 7 nitrogen and oxygen atoms in total. The van der Waals surface area contributed by atoms with E-state index in [1.54, 1.807) is 7.05 Å². The Hall–Kier alpha value is -2.05. The minimum absolute atomic E-state index is 0.336. The summed E-state index contributed by atoms with van der Waals surface area (Å²) < 4.78 is 2.49. The number of imidazole rings is 1. The molecule has 0 atom stereocenters. The summed E-state index contributed by atoms with van der Waals surface area (Å²) >= 11 is 0. The fourth-order valence-corrected chi connectivity index (χ4v) is 3.26. The number of aryl methyl sites for hydroxylation is 1. The van der Waals surface area contributed by atoms with E-state index in [2.05, 4.69) is 15.3 Å². The molecular formula is C14H19N5O2. The van der Waals surface area contributed by atoms with Crippen LogP contribution in [0.5, 0.6) is 0 Å². The van der Waals surface area contributed by atoms with E-state index in [0.717, 1.165) is 17.0 Å². The van der Waals surface area contributed by atoms with Crippen LogP contribution < -0.4 is 16.6 Å². The lowest BCUT2D eigenvalue weighted by molar-refractivity contribution is 0.466. The second kappa shape index (κ2) is 3.99. The molecule has 0 spiro atoms. The SMILES string of the molecule is Cn1c(=O)c2[nH]c(NCC3(C4CC4)CC3)nc2n(C)c1=O. The van der Waals surface area contributed by atoms with Crippen molar-refractivity contribution >= 4 is 17.1 Å². The van der Waals surface area contributed by atoms with Crippen LogP contribution >= 0.6 is 0 Å². The molecule has 0 aliphatic heterocycles. The highest BCUT2D eigenvalue weighted by atomic mass is 16.2. The normalized spacial score (nSPS) is 19.9. The van der Waals surface area contributed by atoms with E-state index >= 15 is 0 Å². The average Bonchev–Trinajstić information content (AvgIpc) is 3.37. The Morgan fingerprint density at radius 1 is 1.29 bits per heavy atom. The molecule has 2 fully saturated rings. The van der Waals surface area contributed by atoms with Crippen LogP contribution in [0.1, 0.15) is 25.7 Å². The molecule has 2 saturated carbocycles. The van der Waals surface area contributed by atoms with E-state index in [1.165, 1.54) is 37.3 Å². The number of fused-ring (bicyclic) bond motifs is 1. The van der Waals surface area contributed by atoms with Crippen molar-refractivity contribution < 1.29 is 0 Å². The van der Waals surface area contributed by atoms with Crippen molar-refractivity contribution in [2.24, 2.45) is 25.4 Å². The van der Waals surface area contributed by atoms with Gasteiger partial charge in [0.1, 0.15) is 0 Å². The van der Waals surface area contributed by atoms with E-state index in [9.17, 15) is 9.59 Å². The van der Waals surface area contributed by atoms with Gasteiger partial charge in [-0.15, -0.1) is 0 Å². The number of hydrogen-bond acceptors (Lipinski definition) is 4. The first-order valence-corrected chi connectivity index (χ1v) is 7.41. The second-order valence-electron chi connectivity index (χ2n) is 6.48. The predicted molar refractivity (Wildman–Crippen MR) is 79.5 cm³/mol. The second-order valence-corrected chi connectivity index (χ2v) is 6.48. The van der Waals surface area contributed by atoms with Crippen LogP contribution in [0, 0.1) is 11.3 Å². The van der Waals surface area contributed by atoms with Gasteiger partial charge in [0.25, 0.3) is 5.56 Å². The van der Waals surface area contributed by atoms with Crippen LogP contribution in [0.2, 0.25) is 0 Å². The summed E-state index contributed by atoms with van der Waals surface area (Å²) in [6.07, 6.45) is 5.25. The number of aromatic amines is 1. The van der Waals surface area contributed by atoms with Gasteiger partial charge in [0.15, 0.2) is 11.2 Å². The summed E-state index contributed by atoms with van der Waals surface area (Å²) in [4.78, 5) is 31.4. The molecule has 0 unspecified atom stereocenters. The van der Waals surface area contributed by atoms with Crippen LogP contribution in [-0.4, -0.2) is 25.6 Å². The summed E-state index contributed by atoms with van der Waals surface area (Å²) in [5, 5.41) is 3.32. The highest BCUT2D eigenvalue weighted by molar-refractivity contribution is 5.72. The third-order valence-electron chi connectivity index (χ3n) is 5.04. The van der Waals surface area contributed by atoms with Crippen LogP contribution in [0.3, 0.4) is 0 Å². The van der Waals surface area contributed by atoms with Gasteiger partial charge in [-0.3, -0.25) is 13.9 Å².